The third-order valence-corrected chi connectivity index (χ3v) is 7.72. The molecular weight excluding hydrogens is 584 g/mol. The average Bonchev–Trinajstić information content (AvgIpc) is 3.68. The monoisotopic (exact) mass is 608 g/mol. The molecule has 0 aliphatic carbocycles. The number of aromatic nitrogens is 5. The maximum atomic E-state index is 14.8. The van der Waals surface area contributed by atoms with Gasteiger partial charge in [0.1, 0.15) is 35.1 Å². The number of carbonyl (C=O) groups is 1. The molecule has 14 heteroatoms. The van der Waals surface area contributed by atoms with E-state index in [0.29, 0.717) is 16.6 Å². The molecule has 5 aromatic rings. The van der Waals surface area contributed by atoms with Gasteiger partial charge in [0.15, 0.2) is 0 Å². The minimum atomic E-state index is -5.30. The van der Waals surface area contributed by atoms with Gasteiger partial charge in [0.2, 0.25) is 5.60 Å². The molecule has 226 valence electrons. The van der Waals surface area contributed by atoms with E-state index in [9.17, 15) is 27.5 Å². The lowest BCUT2D eigenvalue weighted by atomic mass is 9.80. The maximum absolute atomic E-state index is 14.8. The number of hydrogen-bond acceptors (Lipinski definition) is 8. The first-order valence-corrected chi connectivity index (χ1v) is 13.3. The van der Waals surface area contributed by atoms with Gasteiger partial charge < -0.3 is 19.9 Å². The Labute approximate surface area is 247 Å². The van der Waals surface area contributed by atoms with Crippen LogP contribution < -0.4 is 14.8 Å². The van der Waals surface area contributed by atoms with Crippen molar-refractivity contribution in [2.24, 2.45) is 0 Å². The number of nitrogens with one attached hydrogen (secondary N) is 2. The summed E-state index contributed by atoms with van der Waals surface area (Å²) in [4.78, 5) is 21.6. The van der Waals surface area contributed by atoms with Gasteiger partial charge in [-0.1, -0.05) is 6.07 Å². The fourth-order valence-corrected chi connectivity index (χ4v) is 5.17. The summed E-state index contributed by atoms with van der Waals surface area (Å²) in [6.45, 7) is 0.401. The minimum absolute atomic E-state index is 0.00667. The van der Waals surface area contributed by atoms with Gasteiger partial charge in [-0.15, -0.1) is 0 Å². The second kappa shape index (κ2) is 10.6. The average molecular weight is 609 g/mol. The van der Waals surface area contributed by atoms with Gasteiger partial charge in [0, 0.05) is 28.3 Å². The number of hydrogen-bond donors (Lipinski definition) is 3. The number of benzene rings is 2. The number of aromatic amines is 1. The van der Waals surface area contributed by atoms with Crippen LogP contribution in [0.1, 0.15) is 34.2 Å². The lowest BCUT2D eigenvalue weighted by Gasteiger charge is -2.31. The van der Waals surface area contributed by atoms with Crippen LogP contribution in [0.25, 0.3) is 22.2 Å². The third-order valence-electron chi connectivity index (χ3n) is 7.72. The van der Waals surface area contributed by atoms with Gasteiger partial charge in [-0.25, -0.2) is 9.37 Å². The Morgan fingerprint density at radius 1 is 1.18 bits per heavy atom. The second-order valence-corrected chi connectivity index (χ2v) is 10.5. The number of carbonyl (C=O) groups excluding carboxylic acids is 1. The number of rotatable bonds is 7. The molecule has 0 bridgehead atoms. The Kier molecular flexibility index (Phi) is 6.95. The van der Waals surface area contributed by atoms with Gasteiger partial charge in [-0.05, 0) is 55.5 Å². The molecule has 1 aliphatic heterocycles. The van der Waals surface area contributed by atoms with Crippen LogP contribution in [0, 0.1) is 5.82 Å². The van der Waals surface area contributed by atoms with Crippen LogP contribution in [0.2, 0.25) is 0 Å². The SMILES string of the molecule is COc1cc(C(=O)NCC(O)(c2cc3c(c(-c4ccc(F)cc4)n2)OC[C@]3(C)c2cn[nH]n2)C(F)(F)F)cc2cccnc12. The zero-order chi connectivity index (χ0) is 31.3. The summed E-state index contributed by atoms with van der Waals surface area (Å²) in [7, 11) is 1.38. The van der Waals surface area contributed by atoms with Gasteiger partial charge in [-0.3, -0.25) is 9.78 Å². The molecule has 3 aromatic heterocycles. The summed E-state index contributed by atoms with van der Waals surface area (Å²) < 4.78 is 69.4. The normalized spacial score (nSPS) is 17.5. The fourth-order valence-electron chi connectivity index (χ4n) is 5.17. The molecule has 0 fully saturated rings. The van der Waals surface area contributed by atoms with Crippen molar-refractivity contribution in [1.82, 2.24) is 30.7 Å². The van der Waals surface area contributed by atoms with Crippen molar-refractivity contribution in [3.63, 3.8) is 0 Å². The number of ether oxygens (including phenoxy) is 2. The Morgan fingerprint density at radius 3 is 2.64 bits per heavy atom. The molecule has 2 atom stereocenters. The Bertz CT molecular complexity index is 1870. The standard InChI is InChI=1S/C30H24F4N6O4/c1-28(23-13-37-40-39-23)15-44-26-20(28)12-22(38-25(26)16-5-7-19(31)8-6-16)29(42,30(32,33)34)14-36-27(41)18-10-17-4-3-9-35-24(17)21(11-18)43-2/h3-13,42H,14-15H2,1-2H3,(H,36,41)(H,37,39,40)/t28-,29?/m0/s1. The number of methoxy groups -OCH3 is 1. The molecule has 44 heavy (non-hydrogen) atoms. The van der Waals surface area contributed by atoms with Crippen molar-refractivity contribution < 1.29 is 36.9 Å². The number of halogens is 4. The van der Waals surface area contributed by atoms with Crippen LogP contribution in [-0.4, -0.2) is 62.8 Å². The lowest BCUT2D eigenvalue weighted by molar-refractivity contribution is -0.265. The minimum Gasteiger partial charge on any atom is -0.494 e. The van der Waals surface area contributed by atoms with Crippen molar-refractivity contribution in [3.05, 3.63) is 95.3 Å². The Hall–Kier alpha value is -5.11. The first-order valence-electron chi connectivity index (χ1n) is 13.3. The molecule has 0 spiro atoms. The van der Waals surface area contributed by atoms with Crippen LogP contribution in [0.4, 0.5) is 17.6 Å². The Morgan fingerprint density at radius 2 is 1.95 bits per heavy atom. The van der Waals surface area contributed by atoms with Crippen molar-refractivity contribution in [2.45, 2.75) is 24.1 Å². The highest BCUT2D eigenvalue weighted by Gasteiger charge is 2.57. The highest BCUT2D eigenvalue weighted by atomic mass is 19.4. The van der Waals surface area contributed by atoms with Crippen molar-refractivity contribution in [3.8, 4) is 22.8 Å². The number of H-pyrrole nitrogens is 1. The summed E-state index contributed by atoms with van der Waals surface area (Å²) in [5, 5.41) is 24.5. The van der Waals surface area contributed by atoms with E-state index in [4.69, 9.17) is 9.47 Å². The molecular formula is C30H24F4N6O4. The van der Waals surface area contributed by atoms with Gasteiger partial charge in [0.25, 0.3) is 5.91 Å². The van der Waals surface area contributed by atoms with Crippen LogP contribution in [-0.2, 0) is 11.0 Å². The topological polar surface area (TPSA) is 135 Å². The molecule has 10 nitrogen and oxygen atoms in total. The quantitative estimate of drug-likeness (QED) is 0.231. The fraction of sp³-hybridized carbons (Fsp3) is 0.233. The number of nitrogens with zero attached hydrogens (tertiary/aromatic N) is 4. The van der Waals surface area contributed by atoms with Crippen molar-refractivity contribution in [2.75, 3.05) is 20.3 Å². The molecule has 0 saturated heterocycles. The second-order valence-electron chi connectivity index (χ2n) is 10.5. The molecule has 1 amide bonds. The highest BCUT2D eigenvalue weighted by Crippen LogP contribution is 2.49. The first-order chi connectivity index (χ1) is 20.9. The van der Waals surface area contributed by atoms with Gasteiger partial charge >= 0.3 is 6.18 Å². The molecule has 4 heterocycles. The smallest absolute Gasteiger partial charge is 0.424 e. The third kappa shape index (κ3) is 4.76. The van der Waals surface area contributed by atoms with Crippen LogP contribution >= 0.6 is 0 Å². The van der Waals surface area contributed by atoms with Crippen molar-refractivity contribution >= 4 is 16.8 Å². The number of alkyl halides is 3. The van der Waals surface area contributed by atoms with E-state index >= 15 is 0 Å². The largest absolute Gasteiger partial charge is 0.494 e. The van der Waals surface area contributed by atoms with E-state index in [0.717, 1.165) is 18.2 Å². The molecule has 3 N–H and O–H groups in total. The van der Waals surface area contributed by atoms with E-state index in [1.54, 1.807) is 19.1 Å². The summed E-state index contributed by atoms with van der Waals surface area (Å²) in [5.41, 5.74) is -4.26. The Balaban J connectivity index is 1.44. The van der Waals surface area contributed by atoms with E-state index in [1.165, 1.54) is 43.8 Å². The van der Waals surface area contributed by atoms with Crippen LogP contribution in [0.5, 0.6) is 11.5 Å². The summed E-state index contributed by atoms with van der Waals surface area (Å²) >= 11 is 0. The molecule has 1 unspecified atom stereocenters. The van der Waals surface area contributed by atoms with E-state index in [-0.39, 0.29) is 40.5 Å². The first kappa shape index (κ1) is 29.0. The van der Waals surface area contributed by atoms with E-state index in [2.05, 4.69) is 30.7 Å². The van der Waals surface area contributed by atoms with E-state index in [1.807, 2.05) is 0 Å². The number of fused-ring (bicyclic) bond motifs is 2. The lowest BCUT2D eigenvalue weighted by Crippen LogP contribution is -2.51. The summed E-state index contributed by atoms with van der Waals surface area (Å²) in [6.07, 6.45) is -2.34. The molecule has 2 aromatic carbocycles. The van der Waals surface area contributed by atoms with Crippen LogP contribution in [0.15, 0.2) is 67.0 Å². The van der Waals surface area contributed by atoms with Crippen LogP contribution in [0.3, 0.4) is 0 Å². The predicted molar refractivity (Wildman–Crippen MR) is 149 cm³/mol. The maximum Gasteiger partial charge on any atom is 0.424 e. The van der Waals surface area contributed by atoms with Gasteiger partial charge in [0.05, 0.1) is 36.7 Å². The molecule has 0 radical (unpaired) electrons. The molecule has 6 rings (SSSR count). The van der Waals surface area contributed by atoms with E-state index < -0.39 is 41.2 Å². The predicted octanol–water partition coefficient (Wildman–Crippen LogP) is 4.44. The summed E-state index contributed by atoms with van der Waals surface area (Å²) in [5.74, 6) is -1.06. The van der Waals surface area contributed by atoms with Crippen molar-refractivity contribution in [1.29, 1.82) is 0 Å². The van der Waals surface area contributed by atoms with Gasteiger partial charge in [-0.2, -0.15) is 28.6 Å². The zero-order valence-corrected chi connectivity index (χ0v) is 23.2. The number of aliphatic hydroxyl groups is 1. The number of amides is 1. The molecule has 0 saturated carbocycles. The summed E-state index contributed by atoms with van der Waals surface area (Å²) in [6, 6.07) is 12.1. The highest BCUT2D eigenvalue weighted by molar-refractivity contribution is 5.99. The molecule has 1 aliphatic rings. The number of pyridine rings is 2. The zero-order valence-electron chi connectivity index (χ0n) is 23.2.